The van der Waals surface area contributed by atoms with E-state index in [0.717, 1.165) is 11.7 Å². The highest BCUT2D eigenvalue weighted by molar-refractivity contribution is 8.93. The molecular formula is C12H20BrOP. The lowest BCUT2D eigenvalue weighted by Gasteiger charge is -2.08. The molecule has 0 aliphatic heterocycles. The Hall–Kier alpha value is -0.0700. The van der Waals surface area contributed by atoms with Gasteiger partial charge in [0, 0.05) is 6.16 Å². The topological polar surface area (TPSA) is 9.23 Å². The Morgan fingerprint density at radius 2 is 1.93 bits per heavy atom. The first-order valence-electron chi connectivity index (χ1n) is 5.15. The van der Waals surface area contributed by atoms with Crippen molar-refractivity contribution in [1.82, 2.24) is 0 Å². The van der Waals surface area contributed by atoms with Gasteiger partial charge in [0.1, 0.15) is 5.75 Å². The molecular weight excluding hydrogens is 271 g/mol. The first-order chi connectivity index (χ1) is 6.70. The van der Waals surface area contributed by atoms with Gasteiger partial charge in [-0.2, -0.15) is 0 Å². The van der Waals surface area contributed by atoms with Crippen LogP contribution in [0, 0.1) is 12.8 Å². The van der Waals surface area contributed by atoms with Crippen molar-refractivity contribution < 1.29 is 4.52 Å². The fraction of sp³-hybridized carbons (Fsp3) is 0.500. The summed E-state index contributed by atoms with van der Waals surface area (Å²) >= 11 is 0. The van der Waals surface area contributed by atoms with Gasteiger partial charge in [-0.15, -0.1) is 17.0 Å². The van der Waals surface area contributed by atoms with Gasteiger partial charge < -0.3 is 4.52 Å². The van der Waals surface area contributed by atoms with Crippen LogP contribution in [0.4, 0.5) is 0 Å². The van der Waals surface area contributed by atoms with Gasteiger partial charge in [0.05, 0.1) is 8.81 Å². The molecule has 0 amide bonds. The molecule has 15 heavy (non-hydrogen) atoms. The Bertz CT molecular complexity index is 276. The third-order valence-electron chi connectivity index (χ3n) is 2.10. The van der Waals surface area contributed by atoms with Crippen molar-refractivity contribution in [3.63, 3.8) is 0 Å². The molecule has 0 aliphatic carbocycles. The summed E-state index contributed by atoms with van der Waals surface area (Å²) < 4.78 is 5.71. The van der Waals surface area contributed by atoms with Crippen molar-refractivity contribution in [2.45, 2.75) is 27.2 Å². The summed E-state index contributed by atoms with van der Waals surface area (Å²) in [5.74, 6) is 1.82. The lowest BCUT2D eigenvalue weighted by Crippen LogP contribution is -1.90. The Morgan fingerprint density at radius 1 is 1.27 bits per heavy atom. The molecule has 0 radical (unpaired) electrons. The van der Waals surface area contributed by atoms with Crippen LogP contribution in [0.15, 0.2) is 24.3 Å². The molecule has 1 nitrogen and oxygen atoms in total. The molecule has 0 heterocycles. The summed E-state index contributed by atoms with van der Waals surface area (Å²) in [5.41, 5.74) is 1.23. The molecule has 0 fully saturated rings. The molecule has 0 bridgehead atoms. The molecule has 3 heteroatoms. The Balaban J connectivity index is 0.00000196. The van der Waals surface area contributed by atoms with Crippen LogP contribution < -0.4 is 4.52 Å². The van der Waals surface area contributed by atoms with Crippen LogP contribution in [0.1, 0.15) is 25.8 Å². The van der Waals surface area contributed by atoms with Crippen molar-refractivity contribution in [2.75, 3.05) is 6.16 Å². The smallest absolute Gasteiger partial charge is 0.125 e. The number of hydrogen-bond donors (Lipinski definition) is 0. The maximum atomic E-state index is 5.71. The van der Waals surface area contributed by atoms with Gasteiger partial charge in [-0.1, -0.05) is 32.0 Å². The largest absolute Gasteiger partial charge is 0.477 e. The average molecular weight is 291 g/mol. The second-order valence-corrected chi connectivity index (χ2v) is 4.94. The average Bonchev–Trinajstić information content (AvgIpc) is 2.15. The Morgan fingerprint density at radius 3 is 2.53 bits per heavy atom. The Kier molecular flexibility index (Phi) is 8.09. The van der Waals surface area contributed by atoms with E-state index in [0.29, 0.717) is 8.81 Å². The third kappa shape index (κ3) is 6.17. The van der Waals surface area contributed by atoms with Gasteiger partial charge in [-0.25, -0.2) is 0 Å². The zero-order valence-corrected chi connectivity index (χ0v) is 12.3. The van der Waals surface area contributed by atoms with Crippen LogP contribution in [-0.4, -0.2) is 6.16 Å². The molecule has 0 saturated heterocycles. The van der Waals surface area contributed by atoms with E-state index in [-0.39, 0.29) is 17.0 Å². The minimum atomic E-state index is 0. The van der Waals surface area contributed by atoms with Crippen molar-refractivity contribution in [3.05, 3.63) is 29.8 Å². The van der Waals surface area contributed by atoms with Crippen LogP contribution in [0.25, 0.3) is 0 Å². The first-order valence-corrected chi connectivity index (χ1v) is 6.27. The fourth-order valence-corrected chi connectivity index (χ4v) is 2.33. The number of rotatable bonds is 5. The summed E-state index contributed by atoms with van der Waals surface area (Å²) in [7, 11) is 0.599. The quantitative estimate of drug-likeness (QED) is 0.569. The summed E-state index contributed by atoms with van der Waals surface area (Å²) in [4.78, 5) is 0. The van der Waals surface area contributed by atoms with E-state index >= 15 is 0 Å². The van der Waals surface area contributed by atoms with E-state index in [1.807, 2.05) is 18.2 Å². The van der Waals surface area contributed by atoms with Crippen molar-refractivity contribution in [3.8, 4) is 5.75 Å². The van der Waals surface area contributed by atoms with Gasteiger partial charge in [0.2, 0.25) is 0 Å². The minimum Gasteiger partial charge on any atom is -0.477 e. The van der Waals surface area contributed by atoms with Gasteiger partial charge >= 0.3 is 0 Å². The zero-order valence-electron chi connectivity index (χ0n) is 9.62. The first kappa shape index (κ1) is 14.9. The van der Waals surface area contributed by atoms with Crippen LogP contribution in [0.5, 0.6) is 5.75 Å². The summed E-state index contributed by atoms with van der Waals surface area (Å²) in [6.07, 6.45) is 2.43. The van der Waals surface area contributed by atoms with E-state index in [9.17, 15) is 0 Å². The highest BCUT2D eigenvalue weighted by Crippen LogP contribution is 2.25. The zero-order chi connectivity index (χ0) is 10.4. The molecule has 0 spiro atoms. The molecule has 0 aromatic heterocycles. The predicted octanol–water partition coefficient (Wildman–Crippen LogP) is 4.59. The highest BCUT2D eigenvalue weighted by atomic mass is 79.9. The molecule has 1 rings (SSSR count). The van der Waals surface area contributed by atoms with Gasteiger partial charge in [0.25, 0.3) is 0 Å². The van der Waals surface area contributed by atoms with E-state index in [4.69, 9.17) is 4.52 Å². The SMILES string of the molecule is Br.Cc1ccccc1OPCCC(C)C. The van der Waals surface area contributed by atoms with Crippen LogP contribution >= 0.6 is 25.8 Å². The molecule has 86 valence electrons. The van der Waals surface area contributed by atoms with Gasteiger partial charge in [-0.05, 0) is 30.9 Å². The summed E-state index contributed by atoms with van der Waals surface area (Å²) in [6.45, 7) is 6.58. The molecule has 1 unspecified atom stereocenters. The Labute approximate surface area is 105 Å². The third-order valence-corrected chi connectivity index (χ3v) is 2.96. The van der Waals surface area contributed by atoms with E-state index in [1.165, 1.54) is 18.1 Å². The van der Waals surface area contributed by atoms with Gasteiger partial charge in [0.15, 0.2) is 0 Å². The number of para-hydroxylation sites is 1. The molecule has 0 aliphatic rings. The summed E-state index contributed by atoms with van der Waals surface area (Å²) in [6, 6.07) is 8.19. The standard InChI is InChI=1S/C12H19OP.BrH/c1-10(2)8-9-14-13-12-7-5-4-6-11(12)3;/h4-7,10,14H,8-9H2,1-3H3;1H. The minimum absolute atomic E-state index is 0. The molecule has 1 atom stereocenters. The van der Waals surface area contributed by atoms with Crippen molar-refractivity contribution in [2.24, 2.45) is 5.92 Å². The monoisotopic (exact) mass is 290 g/mol. The maximum Gasteiger partial charge on any atom is 0.125 e. The summed E-state index contributed by atoms with van der Waals surface area (Å²) in [5, 5.41) is 0. The van der Waals surface area contributed by atoms with Crippen LogP contribution in [0.3, 0.4) is 0 Å². The van der Waals surface area contributed by atoms with Crippen molar-refractivity contribution in [1.29, 1.82) is 0 Å². The number of aryl methyl sites for hydroxylation is 1. The second kappa shape index (κ2) is 8.13. The molecule has 0 saturated carbocycles. The number of benzene rings is 1. The molecule has 1 aromatic carbocycles. The highest BCUT2D eigenvalue weighted by Gasteiger charge is 1.98. The van der Waals surface area contributed by atoms with E-state index in [1.54, 1.807) is 0 Å². The number of halogens is 1. The van der Waals surface area contributed by atoms with E-state index in [2.05, 4.69) is 26.8 Å². The fourth-order valence-electron chi connectivity index (χ4n) is 1.15. The van der Waals surface area contributed by atoms with E-state index < -0.39 is 0 Å². The molecule has 1 aromatic rings. The predicted molar refractivity (Wildman–Crippen MR) is 74.8 cm³/mol. The number of hydrogen-bond acceptors (Lipinski definition) is 1. The lowest BCUT2D eigenvalue weighted by atomic mass is 10.2. The van der Waals surface area contributed by atoms with Crippen LogP contribution in [0.2, 0.25) is 0 Å². The maximum absolute atomic E-state index is 5.71. The second-order valence-electron chi connectivity index (χ2n) is 3.94. The van der Waals surface area contributed by atoms with Crippen LogP contribution in [-0.2, 0) is 0 Å². The van der Waals surface area contributed by atoms with Crippen molar-refractivity contribution >= 4 is 25.8 Å². The molecule has 0 N–H and O–H groups in total. The van der Waals surface area contributed by atoms with Gasteiger partial charge in [-0.3, -0.25) is 0 Å². The lowest BCUT2D eigenvalue weighted by molar-refractivity contribution is 0.595. The normalized spacial score (nSPS) is 10.7.